The van der Waals surface area contributed by atoms with Gasteiger partial charge < -0.3 is 9.47 Å². The van der Waals surface area contributed by atoms with Gasteiger partial charge in [0.05, 0.1) is 0 Å². The first kappa shape index (κ1) is 40.9. The molecule has 0 spiro atoms. The Morgan fingerprint density at radius 3 is 0.885 bits per heavy atom. The van der Waals surface area contributed by atoms with Gasteiger partial charge in [0, 0.05) is 0 Å². The molecule has 0 N–H and O–H groups in total. The van der Waals surface area contributed by atoms with E-state index in [0.29, 0.717) is 11.5 Å². The van der Waals surface area contributed by atoms with Gasteiger partial charge in [0.25, 0.3) is 0 Å². The average molecular weight is 703 g/mol. The van der Waals surface area contributed by atoms with Gasteiger partial charge in [-0.05, 0) is 83.3 Å². The number of carbonyl (C=O) groups excluding carboxylic acids is 1. The molecule has 3 nitrogen and oxygen atoms in total. The fourth-order valence-corrected chi connectivity index (χ4v) is 7.00. The monoisotopic (exact) mass is 703 g/mol. The Bertz CT molecular complexity index is 1370. The van der Waals surface area contributed by atoms with Gasteiger partial charge in [0.1, 0.15) is 11.5 Å². The lowest BCUT2D eigenvalue weighted by molar-refractivity contribution is 0.152. The average Bonchev–Trinajstić information content (AvgIpc) is 3.17. The molecule has 0 aliphatic rings. The third-order valence-electron chi connectivity index (χ3n) is 10.3. The zero-order valence-corrected chi connectivity index (χ0v) is 32.5. The highest BCUT2D eigenvalue weighted by Crippen LogP contribution is 2.26. The van der Waals surface area contributed by atoms with Crippen molar-refractivity contribution in [2.75, 3.05) is 0 Å². The molecule has 4 aromatic rings. The standard InChI is InChI=1S/C49H66O3/c1-3-5-7-9-11-13-15-17-19-21-23-41-25-29-43(30-26-41)45-33-37-47(38-34-45)51-49(50)52-48-39-35-46(36-40-48)44-31-27-42(28-32-44)24-22-20-18-16-14-12-10-8-6-4-2/h25-40H,3-24H2,1-2H3. The van der Waals surface area contributed by atoms with Gasteiger partial charge in [-0.25, -0.2) is 4.79 Å². The van der Waals surface area contributed by atoms with E-state index in [9.17, 15) is 4.79 Å². The minimum absolute atomic E-state index is 0.459. The van der Waals surface area contributed by atoms with Crippen LogP contribution in [-0.2, 0) is 12.8 Å². The summed E-state index contributed by atoms with van der Waals surface area (Å²) >= 11 is 0. The molecule has 280 valence electrons. The highest BCUT2D eigenvalue weighted by atomic mass is 16.7. The van der Waals surface area contributed by atoms with Gasteiger partial charge in [0.15, 0.2) is 0 Å². The molecule has 0 fully saturated rings. The lowest BCUT2D eigenvalue weighted by Crippen LogP contribution is -2.13. The first-order chi connectivity index (χ1) is 25.6. The Balaban J connectivity index is 1.10. The van der Waals surface area contributed by atoms with E-state index in [2.05, 4.69) is 62.4 Å². The van der Waals surface area contributed by atoms with E-state index in [0.717, 1.165) is 35.1 Å². The maximum atomic E-state index is 12.5. The topological polar surface area (TPSA) is 35.5 Å². The molecule has 0 aliphatic carbocycles. The normalized spacial score (nSPS) is 11.1. The molecule has 0 bridgehead atoms. The van der Waals surface area contributed by atoms with Crippen molar-refractivity contribution in [2.24, 2.45) is 0 Å². The van der Waals surface area contributed by atoms with Crippen LogP contribution < -0.4 is 9.47 Å². The van der Waals surface area contributed by atoms with Gasteiger partial charge in [-0.1, -0.05) is 202 Å². The summed E-state index contributed by atoms with van der Waals surface area (Å²) in [7, 11) is 0. The summed E-state index contributed by atoms with van der Waals surface area (Å²) in [6, 6.07) is 32.9. The molecule has 0 radical (unpaired) electrons. The molecule has 0 atom stereocenters. The minimum atomic E-state index is -0.742. The van der Waals surface area contributed by atoms with E-state index in [-0.39, 0.29) is 0 Å². The lowest BCUT2D eigenvalue weighted by atomic mass is 10.0. The number of rotatable bonds is 26. The number of aryl methyl sites for hydroxylation is 2. The van der Waals surface area contributed by atoms with Crippen LogP contribution in [0.4, 0.5) is 4.79 Å². The molecule has 0 aromatic heterocycles. The highest BCUT2D eigenvalue weighted by molar-refractivity contribution is 5.70. The van der Waals surface area contributed by atoms with Gasteiger partial charge in [0.2, 0.25) is 0 Å². The van der Waals surface area contributed by atoms with Crippen molar-refractivity contribution in [3.05, 3.63) is 108 Å². The highest BCUT2D eigenvalue weighted by Gasteiger charge is 2.09. The third kappa shape index (κ3) is 16.2. The van der Waals surface area contributed by atoms with E-state index < -0.39 is 6.16 Å². The van der Waals surface area contributed by atoms with Crippen LogP contribution in [-0.4, -0.2) is 6.16 Å². The molecule has 0 saturated carbocycles. The molecule has 52 heavy (non-hydrogen) atoms. The summed E-state index contributed by atoms with van der Waals surface area (Å²) in [6.07, 6.45) is 28.8. The largest absolute Gasteiger partial charge is 0.519 e. The van der Waals surface area contributed by atoms with Crippen LogP contribution in [0.2, 0.25) is 0 Å². The second-order valence-electron chi connectivity index (χ2n) is 14.8. The third-order valence-corrected chi connectivity index (χ3v) is 10.3. The van der Waals surface area contributed by atoms with Crippen molar-refractivity contribution < 1.29 is 14.3 Å². The molecule has 0 unspecified atom stereocenters. The predicted molar refractivity (Wildman–Crippen MR) is 222 cm³/mol. The van der Waals surface area contributed by atoms with Crippen LogP contribution in [0.1, 0.15) is 153 Å². The maximum Gasteiger partial charge on any atom is 0.519 e. The number of benzene rings is 4. The molecular weight excluding hydrogens is 637 g/mol. The van der Waals surface area contributed by atoms with E-state index in [1.807, 2.05) is 48.5 Å². The SMILES string of the molecule is CCCCCCCCCCCCc1ccc(-c2ccc(OC(=O)Oc3ccc(-c4ccc(CCCCCCCCCCCC)cc4)cc3)cc2)cc1. The predicted octanol–water partition coefficient (Wildman–Crippen LogP) is 15.5. The van der Waals surface area contributed by atoms with E-state index >= 15 is 0 Å². The van der Waals surface area contributed by atoms with Gasteiger partial charge in [-0.3, -0.25) is 0 Å². The second-order valence-corrected chi connectivity index (χ2v) is 14.8. The number of hydrogen-bond donors (Lipinski definition) is 0. The van der Waals surface area contributed by atoms with Crippen molar-refractivity contribution >= 4 is 6.16 Å². The molecule has 0 amide bonds. The molecule has 0 saturated heterocycles. The quantitative estimate of drug-likeness (QED) is 0.0371. The van der Waals surface area contributed by atoms with Crippen molar-refractivity contribution in [1.82, 2.24) is 0 Å². The van der Waals surface area contributed by atoms with E-state index in [1.165, 1.54) is 140 Å². The Morgan fingerprint density at radius 2 is 0.596 bits per heavy atom. The van der Waals surface area contributed by atoms with Crippen LogP contribution in [0.15, 0.2) is 97.1 Å². The summed E-state index contributed by atoms with van der Waals surface area (Å²) in [5.41, 5.74) is 7.29. The smallest absolute Gasteiger partial charge is 0.395 e. The molecule has 3 heteroatoms. The first-order valence-corrected chi connectivity index (χ1v) is 20.9. The van der Waals surface area contributed by atoms with Crippen LogP contribution in [0, 0.1) is 0 Å². The fourth-order valence-electron chi connectivity index (χ4n) is 7.00. The van der Waals surface area contributed by atoms with Crippen molar-refractivity contribution in [3.8, 4) is 33.8 Å². The number of unbranched alkanes of at least 4 members (excludes halogenated alkanes) is 18. The molecule has 0 heterocycles. The van der Waals surface area contributed by atoms with Gasteiger partial charge in [-0.2, -0.15) is 0 Å². The molecule has 4 aromatic carbocycles. The molecule has 0 aliphatic heterocycles. The first-order valence-electron chi connectivity index (χ1n) is 20.9. The zero-order valence-electron chi connectivity index (χ0n) is 32.5. The Kier molecular flexibility index (Phi) is 19.8. The summed E-state index contributed by atoms with van der Waals surface area (Å²) in [6.45, 7) is 4.56. The van der Waals surface area contributed by atoms with Gasteiger partial charge in [-0.15, -0.1) is 0 Å². The number of carbonyl (C=O) groups is 1. The number of ether oxygens (including phenoxy) is 2. The van der Waals surface area contributed by atoms with E-state index in [4.69, 9.17) is 9.47 Å². The Labute approximate surface area is 316 Å². The summed E-state index contributed by atoms with van der Waals surface area (Å²) in [5.74, 6) is 0.918. The van der Waals surface area contributed by atoms with Crippen molar-refractivity contribution in [3.63, 3.8) is 0 Å². The van der Waals surface area contributed by atoms with Crippen LogP contribution >= 0.6 is 0 Å². The van der Waals surface area contributed by atoms with Crippen LogP contribution in [0.5, 0.6) is 11.5 Å². The second kappa shape index (κ2) is 25.2. The fraction of sp³-hybridized carbons (Fsp3) is 0.490. The van der Waals surface area contributed by atoms with E-state index in [1.54, 1.807) is 0 Å². The van der Waals surface area contributed by atoms with Crippen molar-refractivity contribution in [2.45, 2.75) is 155 Å². The lowest BCUT2D eigenvalue weighted by Gasteiger charge is -2.09. The van der Waals surface area contributed by atoms with Gasteiger partial charge >= 0.3 is 6.16 Å². The minimum Gasteiger partial charge on any atom is -0.395 e. The molecule has 4 rings (SSSR count). The van der Waals surface area contributed by atoms with Crippen LogP contribution in [0.3, 0.4) is 0 Å². The Hall–Kier alpha value is -3.85. The molecular formula is C49H66O3. The summed E-state index contributed by atoms with van der Waals surface area (Å²) < 4.78 is 10.9. The zero-order chi connectivity index (χ0) is 36.5. The summed E-state index contributed by atoms with van der Waals surface area (Å²) in [4.78, 5) is 12.5. The van der Waals surface area contributed by atoms with Crippen LogP contribution in [0.25, 0.3) is 22.3 Å². The number of hydrogen-bond acceptors (Lipinski definition) is 3. The summed E-state index contributed by atoms with van der Waals surface area (Å²) in [5, 5.41) is 0. The van der Waals surface area contributed by atoms with Crippen molar-refractivity contribution in [1.29, 1.82) is 0 Å². The Morgan fingerprint density at radius 1 is 0.346 bits per heavy atom. The maximum absolute atomic E-state index is 12.5.